The number of anilines is 1. The molecule has 0 spiro atoms. The lowest BCUT2D eigenvalue weighted by Gasteiger charge is -2.36. The molecule has 2 aromatic rings. The van der Waals surface area contributed by atoms with Gasteiger partial charge in [-0.25, -0.2) is 9.97 Å². The van der Waals surface area contributed by atoms with Crippen molar-refractivity contribution in [3.63, 3.8) is 0 Å². The quantitative estimate of drug-likeness (QED) is 0.790. The molecule has 0 radical (unpaired) electrons. The maximum atomic E-state index is 12.2. The van der Waals surface area contributed by atoms with E-state index in [1.54, 1.807) is 12.1 Å². The van der Waals surface area contributed by atoms with E-state index in [9.17, 15) is 13.2 Å². The highest BCUT2D eigenvalue weighted by atomic mass is 19.4. The molecule has 5 nitrogen and oxygen atoms in total. The second-order valence-electron chi connectivity index (χ2n) is 6.87. The van der Waals surface area contributed by atoms with Gasteiger partial charge in [-0.1, -0.05) is 12.1 Å². The van der Waals surface area contributed by atoms with Crippen molar-refractivity contribution in [2.75, 3.05) is 25.0 Å². The summed E-state index contributed by atoms with van der Waals surface area (Å²) in [6.45, 7) is 4.51. The van der Waals surface area contributed by atoms with Gasteiger partial charge in [-0.15, -0.1) is 13.2 Å². The summed E-state index contributed by atoms with van der Waals surface area (Å²) in [7, 11) is 2.02. The van der Waals surface area contributed by atoms with Crippen molar-refractivity contribution in [2.45, 2.75) is 38.7 Å². The predicted octanol–water partition coefficient (Wildman–Crippen LogP) is 3.78. The summed E-state index contributed by atoms with van der Waals surface area (Å²) < 4.78 is 40.6. The molecule has 146 valence electrons. The average Bonchev–Trinajstić information content (AvgIpc) is 2.63. The number of piperidine rings is 1. The molecular formula is C19H23F3N4O. The first-order valence-corrected chi connectivity index (χ1v) is 8.89. The minimum Gasteiger partial charge on any atom is -0.406 e. The molecule has 0 unspecified atom stereocenters. The molecule has 1 saturated heterocycles. The first-order chi connectivity index (χ1) is 12.8. The fourth-order valence-electron chi connectivity index (χ4n) is 3.25. The van der Waals surface area contributed by atoms with Crippen LogP contribution in [0.15, 0.2) is 36.7 Å². The van der Waals surface area contributed by atoms with E-state index in [1.807, 2.05) is 26.4 Å². The van der Waals surface area contributed by atoms with Crippen molar-refractivity contribution in [1.82, 2.24) is 14.9 Å². The van der Waals surface area contributed by atoms with E-state index in [1.165, 1.54) is 12.1 Å². The summed E-state index contributed by atoms with van der Waals surface area (Å²) in [5, 5.41) is 0. The van der Waals surface area contributed by atoms with Gasteiger partial charge < -0.3 is 9.64 Å². The molecule has 0 amide bonds. The van der Waals surface area contributed by atoms with Crippen LogP contribution >= 0.6 is 0 Å². The molecular weight excluding hydrogens is 357 g/mol. The van der Waals surface area contributed by atoms with E-state index in [0.29, 0.717) is 12.6 Å². The number of halogens is 3. The molecule has 0 N–H and O–H groups in total. The SMILES string of the molecule is Cc1cnc(N(C)C2CCN(Cc3ccc(OC(F)(F)F)cc3)CC2)nc1. The smallest absolute Gasteiger partial charge is 0.406 e. The number of ether oxygens (including phenoxy) is 1. The maximum absolute atomic E-state index is 12.2. The van der Waals surface area contributed by atoms with E-state index in [0.717, 1.165) is 43.0 Å². The minimum atomic E-state index is -4.66. The van der Waals surface area contributed by atoms with E-state index in [2.05, 4.69) is 24.5 Å². The van der Waals surface area contributed by atoms with Crippen molar-refractivity contribution >= 4 is 5.95 Å². The van der Waals surface area contributed by atoms with E-state index >= 15 is 0 Å². The summed E-state index contributed by atoms with van der Waals surface area (Å²) in [5.41, 5.74) is 2.01. The standard InChI is InChI=1S/C19H23F3N4O/c1-14-11-23-18(24-12-14)25(2)16-7-9-26(10-8-16)13-15-3-5-17(6-4-15)27-19(20,21)22/h3-6,11-12,16H,7-10,13H2,1-2H3. The Morgan fingerprint density at radius 2 is 1.70 bits per heavy atom. The van der Waals surface area contributed by atoms with Crippen LogP contribution in [0.5, 0.6) is 5.75 Å². The normalized spacial score (nSPS) is 16.3. The lowest BCUT2D eigenvalue weighted by Crippen LogP contribution is -2.43. The van der Waals surface area contributed by atoms with Gasteiger partial charge in [0, 0.05) is 45.1 Å². The number of likely N-dealkylation sites (tertiary alicyclic amines) is 1. The van der Waals surface area contributed by atoms with Gasteiger partial charge in [0.15, 0.2) is 0 Å². The highest BCUT2D eigenvalue weighted by molar-refractivity contribution is 5.30. The van der Waals surface area contributed by atoms with Crippen LogP contribution in [0.1, 0.15) is 24.0 Å². The third kappa shape index (κ3) is 5.56. The molecule has 1 aliphatic rings. The van der Waals surface area contributed by atoms with Gasteiger partial charge in [-0.3, -0.25) is 4.90 Å². The number of alkyl halides is 3. The summed E-state index contributed by atoms with van der Waals surface area (Å²) >= 11 is 0. The zero-order chi connectivity index (χ0) is 19.4. The number of rotatable bonds is 5. The van der Waals surface area contributed by atoms with Crippen molar-refractivity contribution in [2.24, 2.45) is 0 Å². The Morgan fingerprint density at radius 1 is 1.11 bits per heavy atom. The Labute approximate surface area is 156 Å². The minimum absolute atomic E-state index is 0.190. The molecule has 1 aromatic carbocycles. The lowest BCUT2D eigenvalue weighted by molar-refractivity contribution is -0.274. The number of aryl methyl sites for hydroxylation is 1. The van der Waals surface area contributed by atoms with E-state index < -0.39 is 6.36 Å². The third-order valence-corrected chi connectivity index (χ3v) is 4.75. The Morgan fingerprint density at radius 3 is 2.26 bits per heavy atom. The zero-order valence-corrected chi connectivity index (χ0v) is 15.4. The molecule has 3 rings (SSSR count). The number of hydrogen-bond donors (Lipinski definition) is 0. The van der Waals surface area contributed by atoms with Crippen molar-refractivity contribution < 1.29 is 17.9 Å². The van der Waals surface area contributed by atoms with Crippen LogP contribution in [-0.4, -0.2) is 47.4 Å². The van der Waals surface area contributed by atoms with Crippen LogP contribution in [0.2, 0.25) is 0 Å². The largest absolute Gasteiger partial charge is 0.573 e. The Kier molecular flexibility index (Phi) is 5.84. The lowest BCUT2D eigenvalue weighted by atomic mass is 10.0. The van der Waals surface area contributed by atoms with E-state index in [4.69, 9.17) is 0 Å². The fourth-order valence-corrected chi connectivity index (χ4v) is 3.25. The molecule has 0 atom stereocenters. The molecule has 1 aliphatic heterocycles. The summed E-state index contributed by atoms with van der Waals surface area (Å²) in [4.78, 5) is 13.2. The van der Waals surface area contributed by atoms with E-state index in [-0.39, 0.29) is 5.75 Å². The summed E-state index contributed by atoms with van der Waals surface area (Å²) in [6.07, 6.45) is 0.961. The molecule has 1 aromatic heterocycles. The Balaban J connectivity index is 1.50. The first kappa shape index (κ1) is 19.4. The summed E-state index contributed by atoms with van der Waals surface area (Å²) in [6, 6.07) is 6.46. The second kappa shape index (κ2) is 8.12. The van der Waals surface area contributed by atoms with Crippen molar-refractivity contribution in [1.29, 1.82) is 0 Å². The molecule has 8 heteroatoms. The average molecular weight is 380 g/mol. The van der Waals surface area contributed by atoms with Crippen molar-refractivity contribution in [3.05, 3.63) is 47.8 Å². The van der Waals surface area contributed by atoms with Gasteiger partial charge in [-0.05, 0) is 43.0 Å². The molecule has 0 aliphatic carbocycles. The second-order valence-corrected chi connectivity index (χ2v) is 6.87. The molecule has 0 saturated carbocycles. The predicted molar refractivity (Wildman–Crippen MR) is 96.6 cm³/mol. The number of hydrogen-bond acceptors (Lipinski definition) is 5. The monoisotopic (exact) mass is 380 g/mol. The van der Waals surface area contributed by atoms with Gasteiger partial charge >= 0.3 is 6.36 Å². The molecule has 2 heterocycles. The Bertz CT molecular complexity index is 726. The van der Waals surface area contributed by atoms with Crippen LogP contribution in [-0.2, 0) is 6.54 Å². The fraction of sp³-hybridized carbons (Fsp3) is 0.474. The van der Waals surface area contributed by atoms with Crippen LogP contribution in [0, 0.1) is 6.92 Å². The number of benzene rings is 1. The summed E-state index contributed by atoms with van der Waals surface area (Å²) in [5.74, 6) is 0.545. The Hall–Kier alpha value is -2.35. The third-order valence-electron chi connectivity index (χ3n) is 4.75. The zero-order valence-electron chi connectivity index (χ0n) is 15.4. The van der Waals surface area contributed by atoms with Crippen molar-refractivity contribution in [3.8, 4) is 5.75 Å². The maximum Gasteiger partial charge on any atom is 0.573 e. The molecule has 27 heavy (non-hydrogen) atoms. The van der Waals surface area contributed by atoms with Gasteiger partial charge in [-0.2, -0.15) is 0 Å². The number of aromatic nitrogens is 2. The van der Waals surface area contributed by atoms with Crippen LogP contribution in [0.4, 0.5) is 19.1 Å². The van der Waals surface area contributed by atoms with Crippen LogP contribution in [0.3, 0.4) is 0 Å². The topological polar surface area (TPSA) is 41.5 Å². The molecule has 1 fully saturated rings. The van der Waals surface area contributed by atoms with Gasteiger partial charge in [0.25, 0.3) is 0 Å². The van der Waals surface area contributed by atoms with Crippen LogP contribution in [0.25, 0.3) is 0 Å². The van der Waals surface area contributed by atoms with Gasteiger partial charge in [0.05, 0.1) is 0 Å². The highest BCUT2D eigenvalue weighted by Gasteiger charge is 2.31. The van der Waals surface area contributed by atoms with Gasteiger partial charge in [0.2, 0.25) is 5.95 Å². The molecule has 0 bridgehead atoms. The number of nitrogens with zero attached hydrogens (tertiary/aromatic N) is 4. The van der Waals surface area contributed by atoms with Crippen LogP contribution < -0.4 is 9.64 Å². The first-order valence-electron chi connectivity index (χ1n) is 8.89. The highest BCUT2D eigenvalue weighted by Crippen LogP contribution is 2.24. The van der Waals surface area contributed by atoms with Gasteiger partial charge in [0.1, 0.15) is 5.75 Å².